The highest BCUT2D eigenvalue weighted by Crippen LogP contribution is 2.33. The van der Waals surface area contributed by atoms with Crippen molar-refractivity contribution in [1.82, 2.24) is 4.90 Å². The molecule has 1 aliphatic rings. The van der Waals surface area contributed by atoms with Crippen LogP contribution in [0.3, 0.4) is 0 Å². The van der Waals surface area contributed by atoms with Crippen LogP contribution >= 0.6 is 34.7 Å². The van der Waals surface area contributed by atoms with Crippen molar-refractivity contribution in [1.29, 1.82) is 0 Å². The van der Waals surface area contributed by atoms with Crippen molar-refractivity contribution in [3.05, 3.63) is 46.8 Å². The minimum absolute atomic E-state index is 0.000581. The molecule has 11 heteroatoms. The summed E-state index contributed by atoms with van der Waals surface area (Å²) in [5.41, 5.74) is 0.626. The largest absolute Gasteiger partial charge is 0.326 e. The van der Waals surface area contributed by atoms with Crippen LogP contribution in [0, 0.1) is 0 Å². The van der Waals surface area contributed by atoms with Crippen LogP contribution < -0.4 is 5.32 Å². The van der Waals surface area contributed by atoms with E-state index in [1.54, 1.807) is 31.2 Å². The molecule has 1 aromatic heterocycles. The van der Waals surface area contributed by atoms with E-state index in [0.29, 0.717) is 10.0 Å². The molecule has 28 heavy (non-hydrogen) atoms. The Kier molecular flexibility index (Phi) is 6.43. The Morgan fingerprint density at radius 2 is 1.96 bits per heavy atom. The maximum Gasteiger partial charge on any atom is 0.294 e. The fourth-order valence-electron chi connectivity index (χ4n) is 2.49. The van der Waals surface area contributed by atoms with Gasteiger partial charge in [0, 0.05) is 18.7 Å². The molecule has 1 N–H and O–H groups in total. The highest BCUT2D eigenvalue weighted by molar-refractivity contribution is 8.16. The van der Waals surface area contributed by atoms with Gasteiger partial charge in [-0.05, 0) is 31.2 Å². The van der Waals surface area contributed by atoms with E-state index in [9.17, 15) is 18.0 Å². The Morgan fingerprint density at radius 1 is 1.25 bits per heavy atom. The van der Waals surface area contributed by atoms with Gasteiger partial charge in [0.2, 0.25) is 11.8 Å². The molecule has 2 heterocycles. The predicted molar refractivity (Wildman–Crippen MR) is 112 cm³/mol. The molecule has 1 atom stereocenters. The Hall–Kier alpha value is -1.88. The number of carbonyl (C=O) groups is 2. The lowest BCUT2D eigenvalue weighted by atomic mass is 10.2. The number of carbonyl (C=O) groups excluding carboxylic acids is 2. The van der Waals surface area contributed by atoms with Crippen LogP contribution in [0.25, 0.3) is 0 Å². The summed E-state index contributed by atoms with van der Waals surface area (Å²) in [6.45, 7) is 1.97. The van der Waals surface area contributed by atoms with Crippen LogP contribution in [-0.2, 0) is 19.6 Å². The summed E-state index contributed by atoms with van der Waals surface area (Å²) in [6, 6.07) is 11.7. The molecule has 0 radical (unpaired) electrons. The van der Waals surface area contributed by atoms with Crippen LogP contribution in [0.5, 0.6) is 0 Å². The van der Waals surface area contributed by atoms with Gasteiger partial charge in [-0.3, -0.25) is 14.5 Å². The van der Waals surface area contributed by atoms with Crippen molar-refractivity contribution in [2.45, 2.75) is 22.8 Å². The van der Waals surface area contributed by atoms with Crippen LogP contribution in [0.1, 0.15) is 13.3 Å². The summed E-state index contributed by atoms with van der Waals surface area (Å²) in [4.78, 5) is 26.1. The van der Waals surface area contributed by atoms with E-state index in [1.807, 2.05) is 6.07 Å². The maximum atomic E-state index is 12.6. The number of nitrogens with one attached hydrogen (secondary N) is 1. The lowest BCUT2D eigenvalue weighted by Crippen LogP contribution is -2.33. The van der Waals surface area contributed by atoms with Gasteiger partial charge < -0.3 is 5.32 Å². The lowest BCUT2D eigenvalue weighted by molar-refractivity contribution is -0.128. The van der Waals surface area contributed by atoms with Gasteiger partial charge in [0.25, 0.3) is 10.0 Å². The summed E-state index contributed by atoms with van der Waals surface area (Å²) in [5, 5.41) is 2.05. The summed E-state index contributed by atoms with van der Waals surface area (Å²) in [6.07, 6.45) is -0.0845. The molecule has 148 valence electrons. The molecule has 7 nitrogen and oxygen atoms in total. The van der Waals surface area contributed by atoms with Crippen LogP contribution in [0.15, 0.2) is 51.1 Å². The number of benzene rings is 1. The van der Waals surface area contributed by atoms with Gasteiger partial charge in [0.05, 0.1) is 4.34 Å². The summed E-state index contributed by atoms with van der Waals surface area (Å²) >= 11 is 7.67. The average Bonchev–Trinajstić information content (AvgIpc) is 3.20. The molecule has 2 amide bonds. The van der Waals surface area contributed by atoms with E-state index in [-0.39, 0.29) is 34.2 Å². The van der Waals surface area contributed by atoms with Gasteiger partial charge in [0.15, 0.2) is 5.17 Å². The molecule has 1 saturated heterocycles. The number of nitrogens with zero attached hydrogens (tertiary/aromatic N) is 2. The topological polar surface area (TPSA) is 95.9 Å². The number of sulfonamides is 1. The van der Waals surface area contributed by atoms with Gasteiger partial charge in [0.1, 0.15) is 9.46 Å². The van der Waals surface area contributed by atoms with Crippen molar-refractivity contribution in [3.63, 3.8) is 0 Å². The smallest absolute Gasteiger partial charge is 0.294 e. The molecule has 0 bridgehead atoms. The molecule has 0 spiro atoms. The van der Waals surface area contributed by atoms with Gasteiger partial charge in [-0.15, -0.1) is 15.7 Å². The molecular formula is C17H16ClN3O4S3. The van der Waals surface area contributed by atoms with E-state index >= 15 is 0 Å². The number of para-hydroxylation sites is 1. The summed E-state index contributed by atoms with van der Waals surface area (Å²) < 4.78 is 29.1. The number of amidine groups is 1. The van der Waals surface area contributed by atoms with Crippen molar-refractivity contribution >= 4 is 67.4 Å². The minimum atomic E-state index is -3.98. The van der Waals surface area contributed by atoms with E-state index in [0.717, 1.165) is 23.1 Å². The molecule has 1 aliphatic heterocycles. The second-order valence-electron chi connectivity index (χ2n) is 5.71. The standard InChI is InChI=1S/C17H16ClN3O4S3/c1-2-21-16(23)12(10-14(22)19-11-6-4-3-5-7-11)26-17(21)20-28(24,25)15-9-8-13(18)27-15/h3-9,12H,2,10H2,1H3,(H,19,22). The minimum Gasteiger partial charge on any atom is -0.326 e. The second-order valence-corrected chi connectivity index (χ2v) is 10.4. The predicted octanol–water partition coefficient (Wildman–Crippen LogP) is 3.44. The van der Waals surface area contributed by atoms with Gasteiger partial charge in [-0.25, -0.2) is 0 Å². The number of anilines is 1. The number of halogens is 1. The lowest BCUT2D eigenvalue weighted by Gasteiger charge is -2.13. The molecule has 2 aromatic rings. The third-order valence-electron chi connectivity index (χ3n) is 3.77. The first-order chi connectivity index (χ1) is 13.3. The van der Waals surface area contributed by atoms with Gasteiger partial charge in [-0.2, -0.15) is 8.42 Å². The van der Waals surface area contributed by atoms with E-state index in [2.05, 4.69) is 9.71 Å². The third kappa shape index (κ3) is 4.75. The average molecular weight is 458 g/mol. The molecular weight excluding hydrogens is 442 g/mol. The molecule has 0 saturated carbocycles. The SMILES string of the molecule is CCN1C(=O)C(CC(=O)Nc2ccccc2)SC1=NS(=O)(=O)c1ccc(Cl)s1. The van der Waals surface area contributed by atoms with Crippen molar-refractivity contribution in [3.8, 4) is 0 Å². The zero-order valence-corrected chi connectivity index (χ0v) is 17.9. The molecule has 0 aliphatic carbocycles. The Bertz CT molecular complexity index is 1020. The van der Waals surface area contributed by atoms with Crippen molar-refractivity contribution < 1.29 is 18.0 Å². The number of hydrogen-bond acceptors (Lipinski definition) is 6. The molecule has 3 rings (SSSR count). The number of rotatable bonds is 6. The summed E-state index contributed by atoms with van der Waals surface area (Å²) in [5.74, 6) is -0.670. The number of thioether (sulfide) groups is 1. The Labute approximate surface area is 175 Å². The first kappa shape index (κ1) is 20.8. The van der Waals surface area contributed by atoms with Crippen LogP contribution in [-0.4, -0.2) is 42.1 Å². The first-order valence-corrected chi connectivity index (χ1v) is 11.7. The Balaban J connectivity index is 1.76. The monoisotopic (exact) mass is 457 g/mol. The number of thiophene rings is 1. The van der Waals surface area contributed by atoms with Crippen LogP contribution in [0.4, 0.5) is 5.69 Å². The zero-order chi connectivity index (χ0) is 20.3. The molecule has 1 aromatic carbocycles. The zero-order valence-electron chi connectivity index (χ0n) is 14.7. The molecule has 1 unspecified atom stereocenters. The van der Waals surface area contributed by atoms with E-state index in [4.69, 9.17) is 11.6 Å². The summed E-state index contributed by atoms with van der Waals surface area (Å²) in [7, 11) is -3.98. The first-order valence-electron chi connectivity index (χ1n) is 8.23. The van der Waals surface area contributed by atoms with Crippen molar-refractivity contribution in [2.24, 2.45) is 4.40 Å². The van der Waals surface area contributed by atoms with Crippen LogP contribution in [0.2, 0.25) is 4.34 Å². The maximum absolute atomic E-state index is 12.6. The van der Waals surface area contributed by atoms with Gasteiger partial charge >= 0.3 is 0 Å². The highest BCUT2D eigenvalue weighted by Gasteiger charge is 2.39. The fourth-order valence-corrected chi connectivity index (χ4v) is 6.37. The Morgan fingerprint density at radius 3 is 2.57 bits per heavy atom. The third-order valence-corrected chi connectivity index (χ3v) is 8.02. The number of hydrogen-bond donors (Lipinski definition) is 1. The normalized spacial score (nSPS) is 18.6. The molecule has 1 fully saturated rings. The highest BCUT2D eigenvalue weighted by atomic mass is 35.5. The van der Waals surface area contributed by atoms with E-state index < -0.39 is 15.3 Å². The van der Waals surface area contributed by atoms with E-state index in [1.165, 1.54) is 17.0 Å². The van der Waals surface area contributed by atoms with Gasteiger partial charge in [-0.1, -0.05) is 41.6 Å². The quantitative estimate of drug-likeness (QED) is 0.716. The fraction of sp³-hybridized carbons (Fsp3) is 0.235. The second kappa shape index (κ2) is 8.64. The van der Waals surface area contributed by atoms with Crippen molar-refractivity contribution in [2.75, 3.05) is 11.9 Å². The number of amides is 2.